The highest BCUT2D eigenvalue weighted by Gasteiger charge is 2.14. The topological polar surface area (TPSA) is 0 Å². The van der Waals surface area contributed by atoms with Crippen LogP contribution < -0.4 is 0 Å². The third-order valence-electron chi connectivity index (χ3n) is 2.96. The van der Waals surface area contributed by atoms with Gasteiger partial charge in [-0.2, -0.15) is 0 Å². The molecule has 0 saturated heterocycles. The number of hydrogen-bond donors (Lipinski definition) is 0. The van der Waals surface area contributed by atoms with E-state index in [4.69, 9.17) is 0 Å². The minimum Gasteiger partial charge on any atom is -0.0654 e. The zero-order valence-corrected chi connectivity index (χ0v) is 8.85. The second kappa shape index (κ2) is 5.62. The molecular formula is C11H24. The van der Waals surface area contributed by atoms with Gasteiger partial charge in [-0.05, 0) is 17.8 Å². The van der Waals surface area contributed by atoms with E-state index in [9.17, 15) is 0 Å². The molecule has 0 nitrogen and oxygen atoms in total. The Labute approximate surface area is 72.4 Å². The molecule has 2 unspecified atom stereocenters. The van der Waals surface area contributed by atoms with Crippen LogP contribution in [0.15, 0.2) is 0 Å². The molecule has 0 spiro atoms. The normalized spacial score (nSPS) is 16.9. The first-order chi connectivity index (χ1) is 5.09. The molecule has 0 radical (unpaired) electrons. The van der Waals surface area contributed by atoms with Gasteiger partial charge in [0, 0.05) is 0 Å². The Morgan fingerprint density at radius 2 is 1.55 bits per heavy atom. The minimum atomic E-state index is 0.849. The molecule has 0 heterocycles. The van der Waals surface area contributed by atoms with Crippen LogP contribution in [0.2, 0.25) is 0 Å². The van der Waals surface area contributed by atoms with Gasteiger partial charge in [0.15, 0.2) is 0 Å². The van der Waals surface area contributed by atoms with Crippen molar-refractivity contribution < 1.29 is 0 Å². The summed E-state index contributed by atoms with van der Waals surface area (Å²) in [5.74, 6) is 2.65. The molecule has 0 aliphatic carbocycles. The molecule has 0 amide bonds. The standard InChI is InChI=1S/C11H24/c1-6-7-8-10(4)11(5)9(2)3/h9-11H,6-8H2,1-5H3. The van der Waals surface area contributed by atoms with E-state index >= 15 is 0 Å². The van der Waals surface area contributed by atoms with Gasteiger partial charge in [-0.25, -0.2) is 0 Å². The van der Waals surface area contributed by atoms with Crippen molar-refractivity contribution in [1.82, 2.24) is 0 Å². The third kappa shape index (κ3) is 4.44. The molecule has 2 atom stereocenters. The fourth-order valence-corrected chi connectivity index (χ4v) is 1.45. The van der Waals surface area contributed by atoms with Gasteiger partial charge < -0.3 is 0 Å². The Kier molecular flexibility index (Phi) is 5.62. The van der Waals surface area contributed by atoms with Crippen LogP contribution in [0, 0.1) is 17.8 Å². The molecular weight excluding hydrogens is 132 g/mol. The molecule has 0 saturated carbocycles. The van der Waals surface area contributed by atoms with Gasteiger partial charge in [0.2, 0.25) is 0 Å². The number of unbranched alkanes of at least 4 members (excludes halogenated alkanes) is 1. The van der Waals surface area contributed by atoms with E-state index in [2.05, 4.69) is 34.6 Å². The van der Waals surface area contributed by atoms with Gasteiger partial charge in [-0.1, -0.05) is 53.9 Å². The molecule has 0 rings (SSSR count). The SMILES string of the molecule is CCCCC(C)C(C)C(C)C. The Balaban J connectivity index is 3.55. The first kappa shape index (κ1) is 11.0. The van der Waals surface area contributed by atoms with E-state index in [1.807, 2.05) is 0 Å². The van der Waals surface area contributed by atoms with Crippen LogP contribution in [0.1, 0.15) is 53.9 Å². The van der Waals surface area contributed by atoms with Crippen molar-refractivity contribution in [3.63, 3.8) is 0 Å². The summed E-state index contributed by atoms with van der Waals surface area (Å²) < 4.78 is 0. The van der Waals surface area contributed by atoms with Crippen molar-refractivity contribution in [3.05, 3.63) is 0 Å². The zero-order valence-electron chi connectivity index (χ0n) is 8.85. The highest BCUT2D eigenvalue weighted by molar-refractivity contribution is 4.64. The second-order valence-corrected chi connectivity index (χ2v) is 4.22. The predicted molar refractivity (Wildman–Crippen MR) is 52.7 cm³/mol. The lowest BCUT2D eigenvalue weighted by Gasteiger charge is -2.23. The summed E-state index contributed by atoms with van der Waals surface area (Å²) in [6.45, 7) is 11.7. The average molecular weight is 156 g/mol. The van der Waals surface area contributed by atoms with Crippen molar-refractivity contribution in [3.8, 4) is 0 Å². The monoisotopic (exact) mass is 156 g/mol. The lowest BCUT2D eigenvalue weighted by Crippen LogP contribution is -2.13. The molecule has 68 valence electrons. The minimum absolute atomic E-state index is 0.849. The predicted octanol–water partition coefficient (Wildman–Crippen LogP) is 4.10. The molecule has 0 bridgehead atoms. The van der Waals surface area contributed by atoms with Crippen molar-refractivity contribution in [2.45, 2.75) is 53.9 Å². The first-order valence-electron chi connectivity index (χ1n) is 5.09. The van der Waals surface area contributed by atoms with Gasteiger partial charge in [0.25, 0.3) is 0 Å². The molecule has 0 heteroatoms. The van der Waals surface area contributed by atoms with E-state index in [0.29, 0.717) is 0 Å². The number of hydrogen-bond acceptors (Lipinski definition) is 0. The van der Waals surface area contributed by atoms with Crippen LogP contribution >= 0.6 is 0 Å². The molecule has 0 aliphatic rings. The van der Waals surface area contributed by atoms with E-state index in [0.717, 1.165) is 17.8 Å². The summed E-state index contributed by atoms with van der Waals surface area (Å²) in [5.41, 5.74) is 0. The van der Waals surface area contributed by atoms with Crippen molar-refractivity contribution in [2.75, 3.05) is 0 Å². The Morgan fingerprint density at radius 1 is 1.00 bits per heavy atom. The summed E-state index contributed by atoms with van der Waals surface area (Å²) in [6.07, 6.45) is 4.16. The summed E-state index contributed by atoms with van der Waals surface area (Å²) in [4.78, 5) is 0. The van der Waals surface area contributed by atoms with E-state index in [-0.39, 0.29) is 0 Å². The summed E-state index contributed by atoms with van der Waals surface area (Å²) in [6, 6.07) is 0. The van der Waals surface area contributed by atoms with Crippen LogP contribution in [0.25, 0.3) is 0 Å². The largest absolute Gasteiger partial charge is 0.0654 e. The molecule has 0 aromatic carbocycles. The Bertz CT molecular complexity index is 84.0. The molecule has 0 aromatic heterocycles. The molecule has 11 heavy (non-hydrogen) atoms. The van der Waals surface area contributed by atoms with Crippen molar-refractivity contribution >= 4 is 0 Å². The Morgan fingerprint density at radius 3 is 1.91 bits per heavy atom. The van der Waals surface area contributed by atoms with Gasteiger partial charge >= 0.3 is 0 Å². The second-order valence-electron chi connectivity index (χ2n) is 4.22. The smallest absolute Gasteiger partial charge is 0.0394 e. The maximum absolute atomic E-state index is 2.39. The fraction of sp³-hybridized carbons (Fsp3) is 1.00. The maximum Gasteiger partial charge on any atom is -0.0394 e. The highest BCUT2D eigenvalue weighted by atomic mass is 14.2. The van der Waals surface area contributed by atoms with Gasteiger partial charge in [-0.15, -0.1) is 0 Å². The third-order valence-corrected chi connectivity index (χ3v) is 2.96. The Hall–Kier alpha value is 0. The van der Waals surface area contributed by atoms with Crippen molar-refractivity contribution in [1.29, 1.82) is 0 Å². The lowest BCUT2D eigenvalue weighted by atomic mass is 9.83. The fourth-order valence-electron chi connectivity index (χ4n) is 1.45. The van der Waals surface area contributed by atoms with Crippen LogP contribution in [0.3, 0.4) is 0 Å². The van der Waals surface area contributed by atoms with Crippen LogP contribution in [0.4, 0.5) is 0 Å². The van der Waals surface area contributed by atoms with Crippen LogP contribution in [-0.4, -0.2) is 0 Å². The highest BCUT2D eigenvalue weighted by Crippen LogP contribution is 2.24. The molecule has 0 fully saturated rings. The molecule has 0 aliphatic heterocycles. The summed E-state index contributed by atoms with van der Waals surface area (Å²) in [7, 11) is 0. The maximum atomic E-state index is 2.39. The van der Waals surface area contributed by atoms with E-state index in [1.165, 1.54) is 19.3 Å². The summed E-state index contributed by atoms with van der Waals surface area (Å²) in [5, 5.41) is 0. The lowest BCUT2D eigenvalue weighted by molar-refractivity contribution is 0.277. The van der Waals surface area contributed by atoms with Gasteiger partial charge in [0.05, 0.1) is 0 Å². The quantitative estimate of drug-likeness (QED) is 0.562. The first-order valence-corrected chi connectivity index (χ1v) is 5.09. The molecule has 0 N–H and O–H groups in total. The molecule has 0 aromatic rings. The van der Waals surface area contributed by atoms with Crippen molar-refractivity contribution in [2.24, 2.45) is 17.8 Å². The van der Waals surface area contributed by atoms with Crippen LogP contribution in [-0.2, 0) is 0 Å². The zero-order chi connectivity index (χ0) is 8.85. The number of rotatable bonds is 5. The average Bonchev–Trinajstić information content (AvgIpc) is 1.98. The van der Waals surface area contributed by atoms with E-state index < -0.39 is 0 Å². The van der Waals surface area contributed by atoms with Gasteiger partial charge in [0.1, 0.15) is 0 Å². The van der Waals surface area contributed by atoms with Gasteiger partial charge in [-0.3, -0.25) is 0 Å². The summed E-state index contributed by atoms with van der Waals surface area (Å²) >= 11 is 0. The van der Waals surface area contributed by atoms with E-state index in [1.54, 1.807) is 0 Å². The van der Waals surface area contributed by atoms with Crippen LogP contribution in [0.5, 0.6) is 0 Å².